The molecule has 2 N–H and O–H groups in total. The first-order valence-corrected chi connectivity index (χ1v) is 9.34. The van der Waals surface area contributed by atoms with Crippen LogP contribution in [0.3, 0.4) is 0 Å². The number of fused-ring (bicyclic) bond motifs is 1. The molecule has 29 heavy (non-hydrogen) atoms. The highest BCUT2D eigenvalue weighted by atomic mass is 16.3. The number of hydrogen-bond donors (Lipinski definition) is 2. The molecule has 144 valence electrons. The molecule has 4 rings (SSSR count). The number of carbonyl (C=O) groups excluding carboxylic acids is 1. The fourth-order valence-corrected chi connectivity index (χ4v) is 3.52. The van der Waals surface area contributed by atoms with Gasteiger partial charge in [-0.05, 0) is 55.0 Å². The second-order valence-electron chi connectivity index (χ2n) is 6.91. The summed E-state index contributed by atoms with van der Waals surface area (Å²) in [6.45, 7) is 4.04. The first kappa shape index (κ1) is 18.5. The van der Waals surface area contributed by atoms with Crippen LogP contribution >= 0.6 is 0 Å². The fraction of sp³-hybridized carbons (Fsp3) is 0.0833. The molecule has 5 nitrogen and oxygen atoms in total. The number of aromatic hydroxyl groups is 1. The Labute approximate surface area is 168 Å². The van der Waals surface area contributed by atoms with Crippen molar-refractivity contribution in [1.29, 1.82) is 0 Å². The van der Waals surface area contributed by atoms with Crippen LogP contribution in [0.5, 0.6) is 5.75 Å². The summed E-state index contributed by atoms with van der Waals surface area (Å²) in [5.74, 6) is -0.528. The van der Waals surface area contributed by atoms with Gasteiger partial charge in [0, 0.05) is 22.6 Å². The first-order valence-electron chi connectivity index (χ1n) is 9.34. The number of para-hydroxylation sites is 1. The van der Waals surface area contributed by atoms with Gasteiger partial charge in [0.2, 0.25) is 0 Å². The van der Waals surface area contributed by atoms with E-state index in [0.717, 1.165) is 33.4 Å². The molecule has 1 amide bonds. The zero-order valence-electron chi connectivity index (χ0n) is 16.3. The van der Waals surface area contributed by atoms with Gasteiger partial charge in [0.15, 0.2) is 0 Å². The summed E-state index contributed by atoms with van der Waals surface area (Å²) < 4.78 is 2.14. The Morgan fingerprint density at radius 3 is 2.34 bits per heavy atom. The van der Waals surface area contributed by atoms with Crippen molar-refractivity contribution in [2.24, 2.45) is 5.10 Å². The maximum atomic E-state index is 12.5. The number of amides is 1. The maximum Gasteiger partial charge on any atom is 0.275 e. The van der Waals surface area contributed by atoms with E-state index in [2.05, 4.69) is 15.1 Å². The van der Waals surface area contributed by atoms with E-state index in [4.69, 9.17) is 0 Å². The molecule has 0 saturated carbocycles. The van der Waals surface area contributed by atoms with E-state index >= 15 is 0 Å². The van der Waals surface area contributed by atoms with Crippen LogP contribution in [-0.2, 0) is 0 Å². The minimum atomic E-state index is -0.457. The highest BCUT2D eigenvalue weighted by Crippen LogP contribution is 2.25. The third-order valence-corrected chi connectivity index (χ3v) is 4.96. The second kappa shape index (κ2) is 7.64. The molecule has 0 aliphatic rings. The molecule has 5 heteroatoms. The molecule has 4 aromatic rings. The summed E-state index contributed by atoms with van der Waals surface area (Å²) in [4.78, 5) is 12.5. The highest BCUT2D eigenvalue weighted by molar-refractivity contribution is 6.01. The molecule has 0 fully saturated rings. The number of rotatable bonds is 4. The summed E-state index contributed by atoms with van der Waals surface area (Å²) >= 11 is 0. The molecule has 0 spiro atoms. The van der Waals surface area contributed by atoms with Gasteiger partial charge in [-0.3, -0.25) is 4.79 Å². The Bertz CT molecular complexity index is 1220. The van der Waals surface area contributed by atoms with Gasteiger partial charge < -0.3 is 9.67 Å². The molecule has 0 radical (unpaired) electrons. The summed E-state index contributed by atoms with van der Waals surface area (Å²) in [7, 11) is 0. The molecule has 1 heterocycles. The van der Waals surface area contributed by atoms with E-state index in [1.807, 2.05) is 74.5 Å². The van der Waals surface area contributed by atoms with Crippen molar-refractivity contribution in [3.05, 3.63) is 95.3 Å². The van der Waals surface area contributed by atoms with Crippen molar-refractivity contribution in [2.75, 3.05) is 0 Å². The van der Waals surface area contributed by atoms with Crippen molar-refractivity contribution >= 4 is 22.9 Å². The van der Waals surface area contributed by atoms with Crippen molar-refractivity contribution in [2.45, 2.75) is 13.8 Å². The van der Waals surface area contributed by atoms with Crippen molar-refractivity contribution in [3.8, 4) is 11.4 Å². The SMILES string of the molecule is Cc1cc(C=NNC(=O)c2cc3ccccc3cc2O)c(C)n1-c1ccccc1. The Morgan fingerprint density at radius 1 is 0.966 bits per heavy atom. The number of nitrogens with one attached hydrogen (secondary N) is 1. The minimum Gasteiger partial charge on any atom is -0.507 e. The minimum absolute atomic E-state index is 0.0707. The topological polar surface area (TPSA) is 66.6 Å². The lowest BCUT2D eigenvalue weighted by molar-refractivity contribution is 0.0952. The molecule has 0 aliphatic heterocycles. The van der Waals surface area contributed by atoms with E-state index in [9.17, 15) is 9.90 Å². The van der Waals surface area contributed by atoms with Crippen LogP contribution in [0, 0.1) is 13.8 Å². The summed E-state index contributed by atoms with van der Waals surface area (Å²) in [6, 6.07) is 22.9. The van der Waals surface area contributed by atoms with Crippen LogP contribution in [0.4, 0.5) is 0 Å². The van der Waals surface area contributed by atoms with Crippen LogP contribution in [0.2, 0.25) is 0 Å². The van der Waals surface area contributed by atoms with Gasteiger partial charge in [-0.2, -0.15) is 5.10 Å². The average molecular weight is 383 g/mol. The molecule has 0 bridgehead atoms. The number of aryl methyl sites for hydroxylation is 1. The molecule has 0 unspecified atom stereocenters. The first-order chi connectivity index (χ1) is 14.0. The standard InChI is InChI=1S/C24H21N3O2/c1-16-12-20(17(2)27(16)21-10-4-3-5-11-21)15-25-26-24(29)22-13-18-8-6-7-9-19(18)14-23(22)28/h3-15,28H,1-2H3,(H,26,29). The molecule has 0 saturated heterocycles. The van der Waals surface area contributed by atoms with E-state index in [-0.39, 0.29) is 11.3 Å². The van der Waals surface area contributed by atoms with E-state index in [1.165, 1.54) is 0 Å². The Morgan fingerprint density at radius 2 is 1.62 bits per heavy atom. The monoisotopic (exact) mass is 383 g/mol. The number of phenols is 1. The Kier molecular flexibility index (Phi) is 4.87. The highest BCUT2D eigenvalue weighted by Gasteiger charge is 2.12. The summed E-state index contributed by atoms with van der Waals surface area (Å²) in [5.41, 5.74) is 6.79. The number of hydrogen-bond acceptors (Lipinski definition) is 3. The molecule has 3 aromatic carbocycles. The second-order valence-corrected chi connectivity index (χ2v) is 6.91. The maximum absolute atomic E-state index is 12.5. The average Bonchev–Trinajstić information content (AvgIpc) is 3.01. The largest absolute Gasteiger partial charge is 0.507 e. The van der Waals surface area contributed by atoms with Crippen molar-refractivity contribution in [3.63, 3.8) is 0 Å². The van der Waals surface area contributed by atoms with Crippen LogP contribution < -0.4 is 5.43 Å². The van der Waals surface area contributed by atoms with Gasteiger partial charge >= 0.3 is 0 Å². The molecular weight excluding hydrogens is 362 g/mol. The zero-order chi connectivity index (χ0) is 20.4. The normalized spacial score (nSPS) is 11.2. The Balaban J connectivity index is 1.55. The number of carbonyl (C=O) groups is 1. The third-order valence-electron chi connectivity index (χ3n) is 4.96. The van der Waals surface area contributed by atoms with Crippen LogP contribution in [-0.4, -0.2) is 21.8 Å². The number of aromatic nitrogens is 1. The van der Waals surface area contributed by atoms with E-state index in [0.29, 0.717) is 0 Å². The smallest absolute Gasteiger partial charge is 0.275 e. The van der Waals surface area contributed by atoms with Gasteiger partial charge in [0.1, 0.15) is 5.75 Å². The van der Waals surface area contributed by atoms with Gasteiger partial charge in [-0.15, -0.1) is 0 Å². The van der Waals surface area contributed by atoms with Gasteiger partial charge in [-0.1, -0.05) is 42.5 Å². The number of hydrazone groups is 1. The van der Waals surface area contributed by atoms with Crippen LogP contribution in [0.15, 0.2) is 77.9 Å². The predicted octanol–water partition coefficient (Wildman–Crippen LogP) is 4.72. The summed E-state index contributed by atoms with van der Waals surface area (Å²) in [6.07, 6.45) is 1.62. The van der Waals surface area contributed by atoms with Crippen molar-refractivity contribution < 1.29 is 9.90 Å². The van der Waals surface area contributed by atoms with Gasteiger partial charge in [0.25, 0.3) is 5.91 Å². The Hall–Kier alpha value is -3.86. The third kappa shape index (κ3) is 3.62. The number of nitrogens with zero attached hydrogens (tertiary/aromatic N) is 2. The molecule has 0 aliphatic carbocycles. The van der Waals surface area contributed by atoms with E-state index < -0.39 is 5.91 Å². The lowest BCUT2D eigenvalue weighted by Crippen LogP contribution is -2.17. The number of phenolic OH excluding ortho intramolecular Hbond substituents is 1. The van der Waals surface area contributed by atoms with Gasteiger partial charge in [0.05, 0.1) is 11.8 Å². The lowest BCUT2D eigenvalue weighted by atomic mass is 10.1. The van der Waals surface area contributed by atoms with Crippen LogP contribution in [0.1, 0.15) is 27.3 Å². The lowest BCUT2D eigenvalue weighted by Gasteiger charge is -2.09. The van der Waals surface area contributed by atoms with E-state index in [1.54, 1.807) is 18.3 Å². The predicted molar refractivity (Wildman–Crippen MR) is 116 cm³/mol. The number of benzene rings is 3. The van der Waals surface area contributed by atoms with Crippen LogP contribution in [0.25, 0.3) is 16.5 Å². The van der Waals surface area contributed by atoms with Crippen molar-refractivity contribution in [1.82, 2.24) is 9.99 Å². The molecule has 1 aromatic heterocycles. The van der Waals surface area contributed by atoms with Gasteiger partial charge in [-0.25, -0.2) is 5.43 Å². The quantitative estimate of drug-likeness (QED) is 0.396. The molecular formula is C24H21N3O2. The fourth-order valence-electron chi connectivity index (χ4n) is 3.52. The molecule has 0 atom stereocenters. The summed E-state index contributed by atoms with van der Waals surface area (Å²) in [5, 5.41) is 16.0. The zero-order valence-corrected chi connectivity index (χ0v) is 16.3.